The van der Waals surface area contributed by atoms with E-state index in [0.717, 1.165) is 16.9 Å². The number of hydrogen-bond acceptors (Lipinski definition) is 6. The van der Waals surface area contributed by atoms with Gasteiger partial charge in [-0.25, -0.2) is 4.79 Å². The molecule has 0 radical (unpaired) electrons. The average Bonchev–Trinajstić information content (AvgIpc) is 2.81. The van der Waals surface area contributed by atoms with Crippen LogP contribution in [0.25, 0.3) is 0 Å². The Balaban J connectivity index is 1.80. The number of aryl methyl sites for hydroxylation is 1. The van der Waals surface area contributed by atoms with Crippen LogP contribution in [0.15, 0.2) is 64.2 Å². The number of benzene rings is 2. The Kier molecular flexibility index (Phi) is 8.71. The number of aromatic nitrogens is 2. The number of nitrogens with zero attached hydrogens (tertiary/aromatic N) is 2. The molecule has 0 saturated heterocycles. The summed E-state index contributed by atoms with van der Waals surface area (Å²) in [6.45, 7) is 4.44. The maximum atomic E-state index is 12.8. The lowest BCUT2D eigenvalue weighted by Crippen LogP contribution is -2.39. The van der Waals surface area contributed by atoms with E-state index in [-0.39, 0.29) is 12.4 Å². The van der Waals surface area contributed by atoms with Crippen molar-refractivity contribution in [2.24, 2.45) is 0 Å². The minimum absolute atomic E-state index is 0.157. The van der Waals surface area contributed by atoms with Gasteiger partial charge in [-0.2, -0.15) is 0 Å². The predicted octanol–water partition coefficient (Wildman–Crippen LogP) is 2.79. The minimum Gasteiger partial charge on any atom is -0.493 e. The molecule has 2 aromatic carbocycles. The van der Waals surface area contributed by atoms with Crippen LogP contribution >= 0.6 is 0 Å². The molecule has 33 heavy (non-hydrogen) atoms. The largest absolute Gasteiger partial charge is 0.493 e. The van der Waals surface area contributed by atoms with Crippen LogP contribution in [0, 0.1) is 6.92 Å². The molecule has 1 aromatic heterocycles. The van der Waals surface area contributed by atoms with Crippen molar-refractivity contribution in [2.45, 2.75) is 26.3 Å². The minimum atomic E-state index is -0.523. The van der Waals surface area contributed by atoms with E-state index in [2.05, 4.69) is 4.98 Å². The van der Waals surface area contributed by atoms with Crippen LogP contribution in [0.1, 0.15) is 24.0 Å². The molecule has 3 aromatic rings. The van der Waals surface area contributed by atoms with Gasteiger partial charge in [0, 0.05) is 26.8 Å². The number of anilines is 2. The normalized spacial score (nSPS) is 10.8. The van der Waals surface area contributed by atoms with Gasteiger partial charge < -0.3 is 20.1 Å². The first kappa shape index (κ1) is 24.1. The van der Waals surface area contributed by atoms with Crippen molar-refractivity contribution in [1.82, 2.24) is 9.55 Å². The summed E-state index contributed by atoms with van der Waals surface area (Å²) in [4.78, 5) is 29.6. The molecular formula is C25H32N4O4. The average molecular weight is 453 g/mol. The Morgan fingerprint density at radius 3 is 2.33 bits per heavy atom. The Morgan fingerprint density at radius 1 is 0.970 bits per heavy atom. The Bertz CT molecular complexity index is 1140. The predicted molar refractivity (Wildman–Crippen MR) is 131 cm³/mol. The lowest BCUT2D eigenvalue weighted by atomic mass is 10.2. The number of aromatic amines is 1. The fourth-order valence-corrected chi connectivity index (χ4v) is 3.70. The van der Waals surface area contributed by atoms with Crippen molar-refractivity contribution in [3.63, 3.8) is 0 Å². The second-order valence-electron chi connectivity index (χ2n) is 7.87. The summed E-state index contributed by atoms with van der Waals surface area (Å²) in [5.74, 6) is 1.00. The molecule has 0 amide bonds. The van der Waals surface area contributed by atoms with Crippen molar-refractivity contribution >= 4 is 11.5 Å². The SMILES string of the molecule is COCCCN(CCCOc1ccccc1C)c1c(N)n(Cc2ccccc2)c(=O)[nH]c1=O. The molecule has 0 spiro atoms. The highest BCUT2D eigenvalue weighted by Crippen LogP contribution is 2.20. The first-order valence-corrected chi connectivity index (χ1v) is 11.1. The zero-order valence-electron chi connectivity index (χ0n) is 19.3. The van der Waals surface area contributed by atoms with Crippen LogP contribution in [0.5, 0.6) is 5.75 Å². The standard InChI is InChI=1S/C25H32N4O4/c1-19-10-6-7-13-21(19)33-17-9-15-28(14-8-16-32-2)22-23(26)29(25(31)27-24(22)30)18-20-11-4-3-5-12-20/h3-7,10-13H,8-9,14-18,26H2,1-2H3,(H,27,30,31). The van der Waals surface area contributed by atoms with Crippen molar-refractivity contribution in [2.75, 3.05) is 44.0 Å². The van der Waals surface area contributed by atoms with Crippen LogP contribution in [0.4, 0.5) is 11.5 Å². The third kappa shape index (κ3) is 6.49. The first-order valence-electron chi connectivity index (χ1n) is 11.1. The lowest BCUT2D eigenvalue weighted by Gasteiger charge is -2.26. The highest BCUT2D eigenvalue weighted by molar-refractivity contribution is 5.62. The number of para-hydroxylation sites is 1. The fraction of sp³-hybridized carbons (Fsp3) is 0.360. The maximum absolute atomic E-state index is 12.8. The fourth-order valence-electron chi connectivity index (χ4n) is 3.70. The Morgan fingerprint density at radius 2 is 1.64 bits per heavy atom. The number of nitrogens with one attached hydrogen (secondary N) is 1. The van der Waals surface area contributed by atoms with Crippen LogP contribution in [0.3, 0.4) is 0 Å². The van der Waals surface area contributed by atoms with E-state index in [0.29, 0.717) is 44.8 Å². The van der Waals surface area contributed by atoms with E-state index in [1.807, 2.05) is 66.4 Å². The van der Waals surface area contributed by atoms with Gasteiger partial charge in [-0.15, -0.1) is 0 Å². The van der Waals surface area contributed by atoms with Gasteiger partial charge in [0.1, 0.15) is 17.3 Å². The van der Waals surface area contributed by atoms with Gasteiger partial charge in [-0.05, 0) is 37.0 Å². The van der Waals surface area contributed by atoms with Crippen LogP contribution in [-0.4, -0.2) is 43.0 Å². The highest BCUT2D eigenvalue weighted by atomic mass is 16.5. The van der Waals surface area contributed by atoms with E-state index >= 15 is 0 Å². The zero-order valence-corrected chi connectivity index (χ0v) is 19.3. The van der Waals surface area contributed by atoms with Crippen molar-refractivity contribution in [3.05, 3.63) is 86.6 Å². The second-order valence-corrected chi connectivity index (χ2v) is 7.87. The van der Waals surface area contributed by atoms with Crippen molar-refractivity contribution in [1.29, 1.82) is 0 Å². The molecule has 0 fully saturated rings. The molecule has 8 heteroatoms. The maximum Gasteiger partial charge on any atom is 0.330 e. The number of nitrogens with two attached hydrogens (primary N) is 1. The van der Waals surface area contributed by atoms with Gasteiger partial charge in [0.25, 0.3) is 5.56 Å². The summed E-state index contributed by atoms with van der Waals surface area (Å²) in [6.07, 6.45) is 1.39. The van der Waals surface area contributed by atoms with Gasteiger partial charge >= 0.3 is 5.69 Å². The molecule has 176 valence electrons. The molecule has 0 atom stereocenters. The lowest BCUT2D eigenvalue weighted by molar-refractivity contribution is 0.196. The van der Waals surface area contributed by atoms with E-state index < -0.39 is 11.2 Å². The van der Waals surface area contributed by atoms with E-state index in [1.165, 1.54) is 4.57 Å². The van der Waals surface area contributed by atoms with E-state index in [1.54, 1.807) is 7.11 Å². The van der Waals surface area contributed by atoms with Gasteiger partial charge in [0.05, 0.1) is 13.2 Å². The smallest absolute Gasteiger partial charge is 0.330 e. The number of rotatable bonds is 12. The molecule has 1 heterocycles. The summed E-state index contributed by atoms with van der Waals surface area (Å²) in [5, 5.41) is 0. The topological polar surface area (TPSA) is 103 Å². The summed E-state index contributed by atoms with van der Waals surface area (Å²) >= 11 is 0. The molecule has 3 N–H and O–H groups in total. The molecule has 0 saturated carbocycles. The first-order chi connectivity index (χ1) is 16.0. The third-order valence-electron chi connectivity index (χ3n) is 5.41. The summed E-state index contributed by atoms with van der Waals surface area (Å²) in [6, 6.07) is 17.4. The number of nitrogen functional groups attached to an aromatic ring is 1. The van der Waals surface area contributed by atoms with Gasteiger partial charge in [0.15, 0.2) is 0 Å². The second kappa shape index (κ2) is 11.9. The molecule has 0 unspecified atom stereocenters. The Hall–Kier alpha value is -3.52. The third-order valence-corrected chi connectivity index (χ3v) is 5.41. The zero-order chi connectivity index (χ0) is 23.6. The Labute approximate surface area is 193 Å². The quantitative estimate of drug-likeness (QED) is 0.410. The summed E-state index contributed by atoms with van der Waals surface area (Å²) in [5.41, 5.74) is 7.68. The molecule has 3 rings (SSSR count). The molecular weight excluding hydrogens is 420 g/mol. The van der Waals surface area contributed by atoms with Gasteiger partial charge in [-0.1, -0.05) is 48.5 Å². The van der Waals surface area contributed by atoms with Crippen LogP contribution in [0.2, 0.25) is 0 Å². The van der Waals surface area contributed by atoms with E-state index in [9.17, 15) is 9.59 Å². The van der Waals surface area contributed by atoms with E-state index in [4.69, 9.17) is 15.2 Å². The van der Waals surface area contributed by atoms with Gasteiger partial charge in [0.2, 0.25) is 0 Å². The highest BCUT2D eigenvalue weighted by Gasteiger charge is 2.19. The molecule has 0 bridgehead atoms. The molecule has 0 aliphatic carbocycles. The molecule has 0 aliphatic rings. The summed E-state index contributed by atoms with van der Waals surface area (Å²) in [7, 11) is 1.64. The van der Waals surface area contributed by atoms with Crippen molar-refractivity contribution in [3.8, 4) is 5.75 Å². The number of H-pyrrole nitrogens is 1. The van der Waals surface area contributed by atoms with Crippen LogP contribution < -0.4 is 26.6 Å². The van der Waals surface area contributed by atoms with Crippen LogP contribution in [-0.2, 0) is 11.3 Å². The number of methoxy groups -OCH3 is 1. The van der Waals surface area contributed by atoms with Crippen molar-refractivity contribution < 1.29 is 9.47 Å². The number of hydrogen-bond donors (Lipinski definition) is 2. The monoisotopic (exact) mass is 452 g/mol. The summed E-state index contributed by atoms with van der Waals surface area (Å²) < 4.78 is 12.5. The molecule has 0 aliphatic heterocycles. The van der Waals surface area contributed by atoms with Gasteiger partial charge in [-0.3, -0.25) is 14.3 Å². The molecule has 8 nitrogen and oxygen atoms in total. The number of ether oxygens (including phenoxy) is 2.